The Bertz CT molecular complexity index is 703. The third kappa shape index (κ3) is 5.43. The van der Waals surface area contributed by atoms with Crippen LogP contribution in [-0.2, 0) is 11.3 Å². The fourth-order valence-electron chi connectivity index (χ4n) is 2.40. The molecule has 0 atom stereocenters. The van der Waals surface area contributed by atoms with Gasteiger partial charge in [-0.1, -0.05) is 11.3 Å². The molecule has 0 spiro atoms. The average molecular weight is 363 g/mol. The summed E-state index contributed by atoms with van der Waals surface area (Å²) < 4.78 is 5.34. The average Bonchev–Trinajstić information content (AvgIpc) is 3.09. The van der Waals surface area contributed by atoms with Crippen molar-refractivity contribution in [3.05, 3.63) is 29.2 Å². The van der Waals surface area contributed by atoms with E-state index in [0.717, 1.165) is 45.1 Å². The number of carbonyl (C=O) groups is 1. The maximum atomic E-state index is 11.1. The molecule has 1 amide bonds. The number of hydrogen-bond donors (Lipinski definition) is 3. The van der Waals surface area contributed by atoms with Gasteiger partial charge < -0.3 is 21.1 Å². The molecule has 0 unspecified atom stereocenters. The molecule has 1 fully saturated rings. The number of nitrogens with zero attached hydrogens (tertiary/aromatic N) is 4. The van der Waals surface area contributed by atoms with Crippen LogP contribution in [0.5, 0.6) is 0 Å². The van der Waals surface area contributed by atoms with Crippen LogP contribution in [0.15, 0.2) is 18.6 Å². The standard InChI is InChI=1S/C15H21N7O2S/c16-14(23)12-9-18-15(25-12)21-13-7-11(19-10-20-13)8-17-1-2-22-3-5-24-6-4-22/h7,9-10,17H,1-6,8H2,(H2,16,23)(H,18,19,20,21). The molecule has 134 valence electrons. The van der Waals surface area contributed by atoms with E-state index in [2.05, 4.69) is 30.5 Å². The topological polar surface area (TPSA) is 118 Å². The van der Waals surface area contributed by atoms with E-state index in [0.29, 0.717) is 22.4 Å². The maximum Gasteiger partial charge on any atom is 0.260 e. The summed E-state index contributed by atoms with van der Waals surface area (Å²) in [5.41, 5.74) is 6.11. The van der Waals surface area contributed by atoms with Gasteiger partial charge in [0.1, 0.15) is 17.0 Å². The number of nitrogens with two attached hydrogens (primary N) is 1. The molecule has 0 bridgehead atoms. The molecule has 1 aliphatic rings. The number of nitrogens with one attached hydrogen (secondary N) is 2. The SMILES string of the molecule is NC(=O)c1cnc(Nc2cc(CNCCN3CCOCC3)ncn2)s1. The highest BCUT2D eigenvalue weighted by molar-refractivity contribution is 7.17. The third-order valence-corrected chi connectivity index (χ3v) is 4.65. The van der Waals surface area contributed by atoms with Crippen molar-refractivity contribution in [3.63, 3.8) is 0 Å². The Morgan fingerprint density at radius 2 is 2.16 bits per heavy atom. The quantitative estimate of drug-likeness (QED) is 0.569. The Morgan fingerprint density at radius 1 is 1.32 bits per heavy atom. The lowest BCUT2D eigenvalue weighted by Gasteiger charge is -2.26. The van der Waals surface area contributed by atoms with E-state index >= 15 is 0 Å². The summed E-state index contributed by atoms with van der Waals surface area (Å²) in [4.78, 5) is 26.4. The van der Waals surface area contributed by atoms with E-state index in [9.17, 15) is 4.79 Å². The van der Waals surface area contributed by atoms with Crippen molar-refractivity contribution in [2.75, 3.05) is 44.7 Å². The number of amides is 1. The van der Waals surface area contributed by atoms with Crippen molar-refractivity contribution in [2.45, 2.75) is 6.54 Å². The minimum atomic E-state index is -0.488. The third-order valence-electron chi connectivity index (χ3n) is 3.72. The molecule has 0 aromatic carbocycles. The first-order valence-corrected chi connectivity index (χ1v) is 8.87. The molecule has 0 radical (unpaired) electrons. The first kappa shape index (κ1) is 17.7. The molecule has 0 saturated carbocycles. The van der Waals surface area contributed by atoms with Crippen LogP contribution in [0.3, 0.4) is 0 Å². The van der Waals surface area contributed by atoms with E-state index in [1.165, 1.54) is 23.9 Å². The number of morpholine rings is 1. The van der Waals surface area contributed by atoms with Gasteiger partial charge in [-0.15, -0.1) is 0 Å². The van der Waals surface area contributed by atoms with Gasteiger partial charge in [-0.2, -0.15) is 0 Å². The minimum absolute atomic E-state index is 0.404. The van der Waals surface area contributed by atoms with Crippen LogP contribution < -0.4 is 16.4 Å². The van der Waals surface area contributed by atoms with Gasteiger partial charge in [0.15, 0.2) is 5.13 Å². The number of aromatic nitrogens is 3. The summed E-state index contributed by atoms with van der Waals surface area (Å²) in [7, 11) is 0. The van der Waals surface area contributed by atoms with E-state index in [4.69, 9.17) is 10.5 Å². The number of hydrogen-bond acceptors (Lipinski definition) is 9. The number of rotatable bonds is 8. The summed E-state index contributed by atoms with van der Waals surface area (Å²) in [6.45, 7) is 6.15. The molecule has 0 aliphatic carbocycles. The van der Waals surface area contributed by atoms with Crippen molar-refractivity contribution < 1.29 is 9.53 Å². The number of ether oxygens (including phenoxy) is 1. The number of anilines is 2. The van der Waals surface area contributed by atoms with E-state index < -0.39 is 5.91 Å². The van der Waals surface area contributed by atoms with E-state index in [1.807, 2.05) is 6.07 Å². The van der Waals surface area contributed by atoms with Crippen LogP contribution in [0.2, 0.25) is 0 Å². The van der Waals surface area contributed by atoms with Gasteiger partial charge in [-0.05, 0) is 0 Å². The summed E-state index contributed by atoms with van der Waals surface area (Å²) in [5, 5.41) is 7.01. The van der Waals surface area contributed by atoms with Gasteiger partial charge in [0, 0.05) is 38.8 Å². The highest BCUT2D eigenvalue weighted by Gasteiger charge is 2.10. The molecule has 25 heavy (non-hydrogen) atoms. The smallest absolute Gasteiger partial charge is 0.260 e. The van der Waals surface area contributed by atoms with Gasteiger partial charge in [0.2, 0.25) is 0 Å². The second kappa shape index (κ2) is 8.81. The van der Waals surface area contributed by atoms with Crippen molar-refractivity contribution in [1.82, 2.24) is 25.2 Å². The molecular formula is C15H21N7O2S. The summed E-state index contributed by atoms with van der Waals surface area (Å²) in [5.74, 6) is 0.142. The Labute approximate surface area is 149 Å². The highest BCUT2D eigenvalue weighted by Crippen LogP contribution is 2.21. The first-order valence-electron chi connectivity index (χ1n) is 8.05. The second-order valence-electron chi connectivity index (χ2n) is 5.54. The fraction of sp³-hybridized carbons (Fsp3) is 0.467. The molecule has 1 saturated heterocycles. The van der Waals surface area contributed by atoms with Crippen molar-refractivity contribution >= 4 is 28.2 Å². The number of primary amides is 1. The highest BCUT2D eigenvalue weighted by atomic mass is 32.1. The zero-order valence-corrected chi connectivity index (χ0v) is 14.6. The van der Waals surface area contributed by atoms with E-state index in [1.54, 1.807) is 0 Å². The Hall–Kier alpha value is -2.14. The molecule has 1 aliphatic heterocycles. The van der Waals surface area contributed by atoms with Crippen molar-refractivity contribution in [1.29, 1.82) is 0 Å². The van der Waals surface area contributed by atoms with Crippen molar-refractivity contribution in [3.8, 4) is 0 Å². The van der Waals surface area contributed by atoms with Crippen LogP contribution in [0.4, 0.5) is 10.9 Å². The van der Waals surface area contributed by atoms with Crippen LogP contribution in [0, 0.1) is 0 Å². The Kier molecular flexibility index (Phi) is 6.23. The Balaban J connectivity index is 1.46. The maximum absolute atomic E-state index is 11.1. The monoisotopic (exact) mass is 363 g/mol. The van der Waals surface area contributed by atoms with Gasteiger partial charge >= 0.3 is 0 Å². The van der Waals surface area contributed by atoms with Crippen LogP contribution in [0.1, 0.15) is 15.4 Å². The van der Waals surface area contributed by atoms with Crippen LogP contribution in [-0.4, -0.2) is 65.2 Å². The molecule has 10 heteroatoms. The van der Waals surface area contributed by atoms with Gasteiger partial charge in [-0.3, -0.25) is 9.69 Å². The minimum Gasteiger partial charge on any atom is -0.379 e. The predicted molar refractivity (Wildman–Crippen MR) is 94.9 cm³/mol. The molecule has 3 heterocycles. The lowest BCUT2D eigenvalue weighted by atomic mass is 10.3. The zero-order chi connectivity index (χ0) is 17.5. The largest absolute Gasteiger partial charge is 0.379 e. The fourth-order valence-corrected chi connectivity index (χ4v) is 3.07. The second-order valence-corrected chi connectivity index (χ2v) is 6.57. The number of thiazole rings is 1. The summed E-state index contributed by atoms with van der Waals surface area (Å²) in [6, 6.07) is 1.85. The predicted octanol–water partition coefficient (Wildman–Crippen LogP) is 0.197. The molecule has 2 aromatic rings. The van der Waals surface area contributed by atoms with Crippen molar-refractivity contribution in [2.24, 2.45) is 5.73 Å². The summed E-state index contributed by atoms with van der Waals surface area (Å²) >= 11 is 1.19. The van der Waals surface area contributed by atoms with Gasteiger partial charge in [0.25, 0.3) is 5.91 Å². The lowest BCUT2D eigenvalue weighted by Crippen LogP contribution is -2.40. The van der Waals surface area contributed by atoms with E-state index in [-0.39, 0.29) is 0 Å². The number of carbonyl (C=O) groups excluding carboxylic acids is 1. The first-order chi connectivity index (χ1) is 12.2. The Morgan fingerprint density at radius 3 is 2.92 bits per heavy atom. The lowest BCUT2D eigenvalue weighted by molar-refractivity contribution is 0.0384. The molecular weight excluding hydrogens is 342 g/mol. The molecule has 9 nitrogen and oxygen atoms in total. The zero-order valence-electron chi connectivity index (χ0n) is 13.8. The van der Waals surface area contributed by atoms with Gasteiger partial charge in [-0.25, -0.2) is 15.0 Å². The molecule has 4 N–H and O–H groups in total. The van der Waals surface area contributed by atoms with Crippen LogP contribution >= 0.6 is 11.3 Å². The summed E-state index contributed by atoms with van der Waals surface area (Å²) in [6.07, 6.45) is 2.95. The van der Waals surface area contributed by atoms with Crippen LogP contribution in [0.25, 0.3) is 0 Å². The van der Waals surface area contributed by atoms with Gasteiger partial charge in [0.05, 0.1) is 25.1 Å². The normalized spacial score (nSPS) is 15.2. The molecule has 3 rings (SSSR count). The molecule has 2 aromatic heterocycles.